The molecule has 0 fully saturated rings. The molecule has 0 atom stereocenters. The minimum Gasteiger partial charge on any atom is -0.343 e. The number of carbonyl (C=O) groups excluding carboxylic acids is 1. The number of rotatable bonds is 3. The Bertz CT molecular complexity index is 529. The predicted molar refractivity (Wildman–Crippen MR) is 75.1 cm³/mol. The van der Waals surface area contributed by atoms with Gasteiger partial charge in [0, 0.05) is 20.5 Å². The lowest BCUT2D eigenvalue weighted by Gasteiger charge is -2.25. The molecule has 0 bridgehead atoms. The largest absolute Gasteiger partial charge is 0.343 e. The van der Waals surface area contributed by atoms with Gasteiger partial charge in [-0.05, 0) is 12.1 Å². The van der Waals surface area contributed by atoms with Crippen molar-refractivity contribution in [1.29, 1.82) is 0 Å². The molecule has 8 nitrogen and oxygen atoms in total. The molecule has 0 aliphatic heterocycles. The number of hydrogen-bond donors (Lipinski definition) is 0. The van der Waals surface area contributed by atoms with Crippen molar-refractivity contribution in [3.05, 3.63) is 33.6 Å². The number of hydrogen-bond acceptors (Lipinski definition) is 4. The van der Waals surface area contributed by atoms with Crippen LogP contribution in [0.2, 0.25) is 5.15 Å². The zero-order valence-electron chi connectivity index (χ0n) is 11.3. The van der Waals surface area contributed by atoms with Gasteiger partial charge in [0.2, 0.25) is 5.91 Å². The van der Waals surface area contributed by atoms with E-state index < -0.39 is 5.03 Å². The van der Waals surface area contributed by atoms with Crippen LogP contribution in [0.25, 0.3) is 0 Å². The van der Waals surface area contributed by atoms with E-state index in [0.29, 0.717) is 5.69 Å². The van der Waals surface area contributed by atoms with Gasteiger partial charge < -0.3 is 4.90 Å². The number of aromatic nitrogens is 1. The molecule has 1 aromatic heterocycles. The number of nitrogens with zero attached hydrogens (tertiary/aromatic N) is 5. The van der Waals surface area contributed by atoms with Crippen molar-refractivity contribution < 1.29 is 9.83 Å². The summed E-state index contributed by atoms with van der Waals surface area (Å²) in [6, 6.07) is 3.04. The average Bonchev–Trinajstić information content (AvgIpc) is 2.39. The van der Waals surface area contributed by atoms with E-state index in [0.717, 1.165) is 4.90 Å². The van der Waals surface area contributed by atoms with E-state index in [1.165, 1.54) is 17.2 Å². The normalized spacial score (nSPS) is 11.1. The zero-order chi connectivity index (χ0) is 15.3. The molecular formula is C11H14ClN5O3. The van der Waals surface area contributed by atoms with Gasteiger partial charge in [0.25, 0.3) is 5.96 Å². The first-order valence-electron chi connectivity index (χ1n) is 5.71. The molecule has 0 radical (unpaired) electrons. The van der Waals surface area contributed by atoms with Crippen LogP contribution in [0.4, 0.5) is 5.69 Å². The molecule has 0 aromatic carbocycles. The van der Waals surface area contributed by atoms with Gasteiger partial charge in [-0.15, -0.1) is 0 Å². The van der Waals surface area contributed by atoms with Crippen LogP contribution in [0.3, 0.4) is 0 Å². The van der Waals surface area contributed by atoms with Gasteiger partial charge in [0.1, 0.15) is 10.3 Å². The summed E-state index contributed by atoms with van der Waals surface area (Å²) in [4.78, 5) is 29.1. The van der Waals surface area contributed by atoms with Crippen molar-refractivity contribution in [2.75, 3.05) is 19.0 Å². The van der Waals surface area contributed by atoms with Crippen LogP contribution in [-0.4, -0.2) is 40.9 Å². The summed E-state index contributed by atoms with van der Waals surface area (Å²) in [6.07, 6.45) is 1.52. The fourth-order valence-corrected chi connectivity index (χ4v) is 1.55. The number of anilines is 1. The molecule has 108 valence electrons. The maximum Gasteiger partial charge on any atom is 0.284 e. The Morgan fingerprint density at radius 1 is 1.50 bits per heavy atom. The summed E-state index contributed by atoms with van der Waals surface area (Å²) in [7, 11) is 3.11. The first-order valence-corrected chi connectivity index (χ1v) is 6.09. The van der Waals surface area contributed by atoms with Gasteiger partial charge >= 0.3 is 0 Å². The molecule has 9 heteroatoms. The molecule has 0 aliphatic rings. The van der Waals surface area contributed by atoms with E-state index in [-0.39, 0.29) is 23.4 Å². The molecule has 0 spiro atoms. The number of guanidine groups is 1. The topological polar surface area (TPSA) is 91.9 Å². The summed E-state index contributed by atoms with van der Waals surface area (Å²) >= 11 is 5.69. The highest BCUT2D eigenvalue weighted by Crippen LogP contribution is 2.18. The second-order valence-corrected chi connectivity index (χ2v) is 4.34. The van der Waals surface area contributed by atoms with Gasteiger partial charge in [-0.25, -0.2) is 20.0 Å². The summed E-state index contributed by atoms with van der Waals surface area (Å²) < 4.78 is 0. The minimum atomic E-state index is -0.853. The highest BCUT2D eigenvalue weighted by molar-refractivity contribution is 6.29. The van der Waals surface area contributed by atoms with Gasteiger partial charge in [-0.2, -0.15) is 0 Å². The quantitative estimate of drug-likeness (QED) is 0.278. The number of amides is 1. The first-order chi connectivity index (χ1) is 9.36. The molecule has 1 rings (SSSR count). The van der Waals surface area contributed by atoms with E-state index in [1.807, 2.05) is 0 Å². The average molecular weight is 300 g/mol. The Hall–Kier alpha value is -2.22. The van der Waals surface area contributed by atoms with Gasteiger partial charge in [-0.3, -0.25) is 4.79 Å². The molecular weight excluding hydrogens is 286 g/mol. The molecule has 1 aromatic rings. The molecule has 0 saturated heterocycles. The monoisotopic (exact) mass is 299 g/mol. The lowest BCUT2D eigenvalue weighted by atomic mass is 10.3. The third-order valence-electron chi connectivity index (χ3n) is 2.29. The van der Waals surface area contributed by atoms with Gasteiger partial charge in [-0.1, -0.05) is 18.5 Å². The third kappa shape index (κ3) is 3.89. The van der Waals surface area contributed by atoms with Crippen molar-refractivity contribution in [3.8, 4) is 0 Å². The molecule has 0 aliphatic carbocycles. The SMILES string of the molecule is CCC(=O)N(C(=N[N+](=O)[O-])N(C)C)c1ccc(Cl)nc1. The van der Waals surface area contributed by atoms with Crippen LogP contribution in [0.15, 0.2) is 23.4 Å². The Balaban J connectivity index is 3.34. The Labute approximate surface area is 120 Å². The fourth-order valence-electron chi connectivity index (χ4n) is 1.44. The maximum absolute atomic E-state index is 12.1. The molecule has 0 unspecified atom stereocenters. The van der Waals surface area contributed by atoms with Crippen LogP contribution >= 0.6 is 11.6 Å². The van der Waals surface area contributed by atoms with Crippen LogP contribution < -0.4 is 4.90 Å². The van der Waals surface area contributed by atoms with Gasteiger partial charge in [0.15, 0.2) is 5.03 Å². The number of pyridine rings is 1. The summed E-state index contributed by atoms with van der Waals surface area (Å²) in [5.41, 5.74) is 0.357. The van der Waals surface area contributed by atoms with E-state index in [9.17, 15) is 14.9 Å². The minimum absolute atomic E-state index is 0.106. The summed E-state index contributed by atoms with van der Waals surface area (Å²) in [6.45, 7) is 1.65. The number of hydrazone groups is 1. The van der Waals surface area contributed by atoms with Crippen molar-refractivity contribution in [3.63, 3.8) is 0 Å². The molecule has 1 amide bonds. The lowest BCUT2D eigenvalue weighted by molar-refractivity contribution is -0.485. The summed E-state index contributed by atoms with van der Waals surface area (Å²) in [5, 5.41) is 13.3. The van der Waals surface area contributed by atoms with Crippen molar-refractivity contribution in [2.24, 2.45) is 5.10 Å². The standard InChI is InChI=1S/C11H14ClN5O3/c1-4-10(18)16(8-5-6-9(12)13-7-8)11(15(2)3)14-17(19)20/h5-7H,4H2,1-3H3. The first kappa shape index (κ1) is 15.8. The van der Waals surface area contributed by atoms with Crippen molar-refractivity contribution in [1.82, 2.24) is 9.88 Å². The lowest BCUT2D eigenvalue weighted by Crippen LogP contribution is -2.45. The Morgan fingerprint density at radius 2 is 2.15 bits per heavy atom. The predicted octanol–water partition coefficient (Wildman–Crippen LogP) is 1.59. The number of halogens is 1. The molecule has 20 heavy (non-hydrogen) atoms. The van der Waals surface area contributed by atoms with Crippen molar-refractivity contribution in [2.45, 2.75) is 13.3 Å². The second kappa shape index (κ2) is 6.80. The van der Waals surface area contributed by atoms with Gasteiger partial charge in [0.05, 0.1) is 11.9 Å². The smallest absolute Gasteiger partial charge is 0.284 e. The second-order valence-electron chi connectivity index (χ2n) is 3.95. The van der Waals surface area contributed by atoms with Crippen LogP contribution in [0, 0.1) is 10.1 Å². The molecule has 0 saturated carbocycles. The van der Waals surface area contributed by atoms with E-state index in [4.69, 9.17) is 11.6 Å². The van der Waals surface area contributed by atoms with E-state index >= 15 is 0 Å². The highest BCUT2D eigenvalue weighted by Gasteiger charge is 2.25. The molecule has 1 heterocycles. The zero-order valence-corrected chi connectivity index (χ0v) is 12.0. The van der Waals surface area contributed by atoms with Crippen LogP contribution in [0.1, 0.15) is 13.3 Å². The molecule has 0 N–H and O–H groups in total. The summed E-state index contributed by atoms with van der Waals surface area (Å²) in [5.74, 6) is -0.450. The highest BCUT2D eigenvalue weighted by atomic mass is 35.5. The van der Waals surface area contributed by atoms with E-state index in [1.54, 1.807) is 27.1 Å². The maximum atomic E-state index is 12.1. The Morgan fingerprint density at radius 3 is 2.55 bits per heavy atom. The van der Waals surface area contributed by atoms with Crippen molar-refractivity contribution >= 4 is 29.2 Å². The van der Waals surface area contributed by atoms with Crippen LogP contribution in [-0.2, 0) is 4.79 Å². The third-order valence-corrected chi connectivity index (χ3v) is 2.52. The number of carbonyl (C=O) groups is 1. The Kier molecular flexibility index (Phi) is 5.39. The fraction of sp³-hybridized carbons (Fsp3) is 0.364. The van der Waals surface area contributed by atoms with E-state index in [2.05, 4.69) is 10.1 Å². The van der Waals surface area contributed by atoms with Crippen LogP contribution in [0.5, 0.6) is 0 Å². The number of nitro groups is 1.